The second-order valence-electron chi connectivity index (χ2n) is 7.48. The summed E-state index contributed by atoms with van der Waals surface area (Å²) in [6.07, 6.45) is 1.05. The van der Waals surface area contributed by atoms with Crippen LogP contribution in [0.2, 0.25) is 0 Å². The second-order valence-corrected chi connectivity index (χ2v) is 7.48. The van der Waals surface area contributed by atoms with Crippen molar-refractivity contribution in [2.45, 2.75) is 18.9 Å². The van der Waals surface area contributed by atoms with Gasteiger partial charge in [-0.25, -0.2) is 0 Å². The van der Waals surface area contributed by atoms with Gasteiger partial charge in [-0.2, -0.15) is 0 Å². The van der Waals surface area contributed by atoms with Crippen LogP contribution in [-0.4, -0.2) is 63.6 Å². The Morgan fingerprint density at radius 3 is 2.38 bits per heavy atom. The zero-order chi connectivity index (χ0) is 23.3. The maximum atomic E-state index is 13.0. The standard InChI is InChI=1S/C23H27N3O6/c1-26(2)23(29)16-12-19(30-3)20(31-4)13-17(16)25-21(27)14-7-5-8-15(11-14)24-22(28)18-9-6-10-32-18/h5,7-8,11-13,18H,6,9-10H2,1-4H3,(H,24,28)(H,25,27). The average molecular weight is 441 g/mol. The van der Waals surface area contributed by atoms with E-state index >= 15 is 0 Å². The largest absolute Gasteiger partial charge is 0.493 e. The predicted octanol–water partition coefficient (Wildman–Crippen LogP) is 2.78. The molecule has 0 bridgehead atoms. The van der Waals surface area contributed by atoms with Crippen LogP contribution < -0.4 is 20.1 Å². The molecule has 0 aromatic heterocycles. The van der Waals surface area contributed by atoms with Crippen molar-refractivity contribution < 1.29 is 28.6 Å². The molecule has 2 aromatic carbocycles. The van der Waals surface area contributed by atoms with Crippen molar-refractivity contribution in [2.24, 2.45) is 0 Å². The van der Waals surface area contributed by atoms with E-state index < -0.39 is 12.0 Å². The van der Waals surface area contributed by atoms with Crippen molar-refractivity contribution in [2.75, 3.05) is 45.6 Å². The van der Waals surface area contributed by atoms with Gasteiger partial charge in [0.05, 0.1) is 25.5 Å². The van der Waals surface area contributed by atoms with Gasteiger partial charge in [0.25, 0.3) is 17.7 Å². The lowest BCUT2D eigenvalue weighted by Crippen LogP contribution is -2.27. The van der Waals surface area contributed by atoms with Crippen LogP contribution in [0.1, 0.15) is 33.6 Å². The SMILES string of the molecule is COc1cc(NC(=O)c2cccc(NC(=O)C3CCCO3)c2)c(C(=O)N(C)C)cc1OC. The molecular weight excluding hydrogens is 414 g/mol. The Balaban J connectivity index is 1.84. The minimum absolute atomic E-state index is 0.237. The van der Waals surface area contributed by atoms with Crippen molar-refractivity contribution in [1.29, 1.82) is 0 Å². The van der Waals surface area contributed by atoms with Gasteiger partial charge < -0.3 is 29.7 Å². The van der Waals surface area contributed by atoms with E-state index in [0.717, 1.165) is 6.42 Å². The number of anilines is 2. The van der Waals surface area contributed by atoms with Gasteiger partial charge in [0.1, 0.15) is 6.10 Å². The van der Waals surface area contributed by atoms with Gasteiger partial charge in [0.2, 0.25) is 0 Å². The summed E-state index contributed by atoms with van der Waals surface area (Å²) >= 11 is 0. The molecule has 2 aromatic rings. The van der Waals surface area contributed by atoms with E-state index in [9.17, 15) is 14.4 Å². The third kappa shape index (κ3) is 5.17. The number of ether oxygens (including phenoxy) is 3. The number of hydrogen-bond donors (Lipinski definition) is 2. The number of nitrogens with zero attached hydrogens (tertiary/aromatic N) is 1. The molecule has 32 heavy (non-hydrogen) atoms. The molecule has 9 nitrogen and oxygen atoms in total. The Morgan fingerprint density at radius 2 is 1.75 bits per heavy atom. The highest BCUT2D eigenvalue weighted by atomic mass is 16.5. The first kappa shape index (κ1) is 23.1. The van der Waals surface area contributed by atoms with Gasteiger partial charge in [-0.05, 0) is 37.1 Å². The molecule has 3 amide bonds. The molecule has 0 aliphatic carbocycles. The summed E-state index contributed by atoms with van der Waals surface area (Å²) < 4.78 is 16.0. The van der Waals surface area contributed by atoms with Crippen molar-refractivity contribution in [3.8, 4) is 11.5 Å². The fourth-order valence-electron chi connectivity index (χ4n) is 3.34. The highest BCUT2D eigenvalue weighted by molar-refractivity contribution is 6.10. The molecule has 0 spiro atoms. The van der Waals surface area contributed by atoms with Gasteiger partial charge in [-0.1, -0.05) is 6.07 Å². The molecule has 1 fully saturated rings. The van der Waals surface area contributed by atoms with Crippen LogP contribution in [0.5, 0.6) is 11.5 Å². The number of rotatable bonds is 7. The molecule has 1 saturated heterocycles. The summed E-state index contributed by atoms with van der Waals surface area (Å²) in [5.74, 6) is -0.249. The Morgan fingerprint density at radius 1 is 1.03 bits per heavy atom. The van der Waals surface area contributed by atoms with Crippen LogP contribution in [-0.2, 0) is 9.53 Å². The smallest absolute Gasteiger partial charge is 0.255 e. The third-order valence-corrected chi connectivity index (χ3v) is 5.02. The average Bonchev–Trinajstić information content (AvgIpc) is 3.33. The lowest BCUT2D eigenvalue weighted by Gasteiger charge is -2.18. The minimum atomic E-state index is -0.473. The van der Waals surface area contributed by atoms with E-state index in [1.54, 1.807) is 38.4 Å². The first-order valence-corrected chi connectivity index (χ1v) is 10.2. The van der Waals surface area contributed by atoms with Crippen LogP contribution in [0.3, 0.4) is 0 Å². The van der Waals surface area contributed by atoms with Gasteiger partial charge in [0.15, 0.2) is 11.5 Å². The topological polar surface area (TPSA) is 106 Å². The maximum Gasteiger partial charge on any atom is 0.255 e. The number of carbonyl (C=O) groups excluding carboxylic acids is 3. The number of amides is 3. The third-order valence-electron chi connectivity index (χ3n) is 5.02. The van der Waals surface area contributed by atoms with Crippen molar-refractivity contribution in [3.05, 3.63) is 47.5 Å². The molecule has 1 unspecified atom stereocenters. The molecule has 9 heteroatoms. The maximum absolute atomic E-state index is 13.0. The van der Waals surface area contributed by atoms with Gasteiger partial charge in [-0.15, -0.1) is 0 Å². The lowest BCUT2D eigenvalue weighted by atomic mass is 10.1. The zero-order valence-corrected chi connectivity index (χ0v) is 18.6. The molecule has 170 valence electrons. The van der Waals surface area contributed by atoms with Gasteiger partial charge in [0, 0.05) is 38.0 Å². The van der Waals surface area contributed by atoms with Crippen LogP contribution in [0, 0.1) is 0 Å². The summed E-state index contributed by atoms with van der Waals surface area (Å²) in [5.41, 5.74) is 1.33. The predicted molar refractivity (Wildman–Crippen MR) is 120 cm³/mol. The van der Waals surface area contributed by atoms with Crippen LogP contribution in [0.4, 0.5) is 11.4 Å². The van der Waals surface area contributed by atoms with Crippen molar-refractivity contribution in [1.82, 2.24) is 4.90 Å². The zero-order valence-electron chi connectivity index (χ0n) is 18.6. The molecular formula is C23H27N3O6. The fourth-order valence-corrected chi connectivity index (χ4v) is 3.34. The molecule has 0 saturated carbocycles. The highest BCUT2D eigenvalue weighted by Gasteiger charge is 2.24. The molecule has 1 aliphatic rings. The van der Waals surface area contributed by atoms with E-state index in [0.29, 0.717) is 35.8 Å². The first-order valence-electron chi connectivity index (χ1n) is 10.2. The Labute approximate surface area is 186 Å². The Kier molecular flexibility index (Phi) is 7.32. The number of carbonyl (C=O) groups is 3. The van der Waals surface area contributed by atoms with E-state index in [2.05, 4.69) is 10.6 Å². The monoisotopic (exact) mass is 441 g/mol. The van der Waals surface area contributed by atoms with Gasteiger partial charge >= 0.3 is 0 Å². The Hall–Kier alpha value is -3.59. The number of benzene rings is 2. The summed E-state index contributed by atoms with van der Waals surface area (Å²) in [6.45, 7) is 0.569. The molecule has 1 atom stereocenters. The van der Waals surface area contributed by atoms with Crippen LogP contribution >= 0.6 is 0 Å². The Bertz CT molecular complexity index is 1010. The van der Waals surface area contributed by atoms with E-state index in [-0.39, 0.29) is 23.1 Å². The molecule has 1 aliphatic heterocycles. The van der Waals surface area contributed by atoms with E-state index in [1.165, 1.54) is 31.3 Å². The van der Waals surface area contributed by atoms with Crippen molar-refractivity contribution >= 4 is 29.1 Å². The quantitative estimate of drug-likeness (QED) is 0.684. The fraction of sp³-hybridized carbons (Fsp3) is 0.348. The highest BCUT2D eigenvalue weighted by Crippen LogP contribution is 2.34. The summed E-state index contributed by atoms with van der Waals surface area (Å²) in [7, 11) is 6.17. The van der Waals surface area contributed by atoms with Crippen LogP contribution in [0.15, 0.2) is 36.4 Å². The molecule has 1 heterocycles. The van der Waals surface area contributed by atoms with Crippen molar-refractivity contribution in [3.63, 3.8) is 0 Å². The summed E-state index contributed by atoms with van der Waals surface area (Å²) in [6, 6.07) is 9.61. The summed E-state index contributed by atoms with van der Waals surface area (Å²) in [4.78, 5) is 39.3. The van der Waals surface area contributed by atoms with E-state index in [4.69, 9.17) is 14.2 Å². The number of methoxy groups -OCH3 is 2. The van der Waals surface area contributed by atoms with Gasteiger partial charge in [-0.3, -0.25) is 14.4 Å². The van der Waals surface area contributed by atoms with Crippen LogP contribution in [0.25, 0.3) is 0 Å². The second kappa shape index (κ2) is 10.1. The van der Waals surface area contributed by atoms with E-state index in [1.807, 2.05) is 0 Å². The number of hydrogen-bond acceptors (Lipinski definition) is 6. The molecule has 2 N–H and O–H groups in total. The minimum Gasteiger partial charge on any atom is -0.493 e. The normalized spacial score (nSPS) is 15.1. The summed E-state index contributed by atoms with van der Waals surface area (Å²) in [5, 5.41) is 5.54. The number of nitrogens with one attached hydrogen (secondary N) is 2. The lowest BCUT2D eigenvalue weighted by molar-refractivity contribution is -0.124. The molecule has 3 rings (SSSR count). The first-order chi connectivity index (χ1) is 15.3. The molecule has 0 radical (unpaired) electrons.